The molecule has 1 N–H and O–H groups in total. The Morgan fingerprint density at radius 1 is 1.13 bits per heavy atom. The summed E-state index contributed by atoms with van der Waals surface area (Å²) in [5.41, 5.74) is 0.733. The molecule has 1 saturated heterocycles. The van der Waals surface area contributed by atoms with Crippen LogP contribution in [0.5, 0.6) is 17.2 Å². The van der Waals surface area contributed by atoms with Crippen molar-refractivity contribution in [3.8, 4) is 17.2 Å². The first-order valence-electron chi connectivity index (χ1n) is 6.81. The predicted octanol–water partition coefficient (Wildman–Crippen LogP) is 1.79. The van der Waals surface area contributed by atoms with Gasteiger partial charge in [-0.05, 0) is 18.2 Å². The number of hydrogen-bond acceptors (Lipinski definition) is 5. The minimum Gasteiger partial charge on any atom is -0.493 e. The number of urea groups is 1. The van der Waals surface area contributed by atoms with E-state index < -0.39 is 11.9 Å². The van der Waals surface area contributed by atoms with Crippen molar-refractivity contribution in [2.75, 3.05) is 27.9 Å². The highest BCUT2D eigenvalue weighted by atomic mass is 16.5. The van der Waals surface area contributed by atoms with Gasteiger partial charge in [0.2, 0.25) is 5.75 Å². The molecule has 1 aromatic rings. The van der Waals surface area contributed by atoms with Crippen LogP contribution in [0.2, 0.25) is 0 Å². The molecule has 0 bridgehead atoms. The Balaban J connectivity index is 2.45. The maximum atomic E-state index is 12.2. The number of hydrogen-bond donors (Lipinski definition) is 1. The summed E-state index contributed by atoms with van der Waals surface area (Å²) in [6, 6.07) is 2.92. The minimum absolute atomic E-state index is 0.144. The molecule has 0 atom stereocenters. The van der Waals surface area contributed by atoms with Crippen LogP contribution in [-0.2, 0) is 4.79 Å². The summed E-state index contributed by atoms with van der Waals surface area (Å²) in [5.74, 6) is 0.890. The van der Waals surface area contributed by atoms with Crippen LogP contribution in [0.25, 0.3) is 6.08 Å². The molecule has 0 unspecified atom stereocenters. The van der Waals surface area contributed by atoms with Crippen molar-refractivity contribution in [3.05, 3.63) is 36.0 Å². The van der Waals surface area contributed by atoms with E-state index in [4.69, 9.17) is 14.2 Å². The number of carbonyl (C=O) groups excluding carboxylic acids is 2. The molecule has 3 amide bonds. The van der Waals surface area contributed by atoms with Crippen LogP contribution in [-0.4, -0.2) is 44.7 Å². The standard InChI is InChI=1S/C16H18N2O5/c1-5-8-18-15(19)11(17-16(18)20)9-10-6-7-12(21-2)14(23-4)13(10)22-3/h5-7,9H,1,8H2,2-4H3,(H,17,20)/b11-9+. The van der Waals surface area contributed by atoms with Crippen LogP contribution in [0.4, 0.5) is 4.79 Å². The van der Waals surface area contributed by atoms with Gasteiger partial charge in [-0.15, -0.1) is 6.58 Å². The number of rotatable bonds is 6. The average Bonchev–Trinajstić information content (AvgIpc) is 2.82. The Morgan fingerprint density at radius 2 is 1.83 bits per heavy atom. The second-order valence-electron chi connectivity index (χ2n) is 4.62. The van der Waals surface area contributed by atoms with Gasteiger partial charge in [0.1, 0.15) is 5.70 Å². The van der Waals surface area contributed by atoms with E-state index in [-0.39, 0.29) is 12.2 Å². The Hall–Kier alpha value is -2.96. The Morgan fingerprint density at radius 3 is 2.39 bits per heavy atom. The zero-order valence-electron chi connectivity index (χ0n) is 13.2. The first kappa shape index (κ1) is 16.4. The molecule has 122 valence electrons. The summed E-state index contributed by atoms with van der Waals surface area (Å²) in [6.45, 7) is 3.67. The third-order valence-electron chi connectivity index (χ3n) is 3.31. The highest BCUT2D eigenvalue weighted by molar-refractivity contribution is 6.14. The smallest absolute Gasteiger partial charge is 0.329 e. The number of methoxy groups -OCH3 is 3. The van der Waals surface area contributed by atoms with Gasteiger partial charge in [0.05, 0.1) is 21.3 Å². The molecule has 1 aromatic carbocycles. The lowest BCUT2D eigenvalue weighted by atomic mass is 10.1. The topological polar surface area (TPSA) is 77.1 Å². The first-order valence-corrected chi connectivity index (χ1v) is 6.81. The van der Waals surface area contributed by atoms with Gasteiger partial charge in [0, 0.05) is 12.1 Å². The molecule has 7 nitrogen and oxygen atoms in total. The fraction of sp³-hybridized carbons (Fsp3) is 0.250. The molecule has 2 rings (SSSR count). The monoisotopic (exact) mass is 318 g/mol. The summed E-state index contributed by atoms with van der Waals surface area (Å²) >= 11 is 0. The van der Waals surface area contributed by atoms with Gasteiger partial charge in [-0.3, -0.25) is 9.69 Å². The zero-order chi connectivity index (χ0) is 17.0. The maximum Gasteiger partial charge on any atom is 0.329 e. The van der Waals surface area contributed by atoms with E-state index in [0.29, 0.717) is 22.8 Å². The SMILES string of the molecule is C=CCN1C(=O)N/C(=C/c2ccc(OC)c(OC)c2OC)C1=O. The van der Waals surface area contributed by atoms with E-state index in [0.717, 1.165) is 4.90 Å². The van der Waals surface area contributed by atoms with Crippen molar-refractivity contribution in [3.63, 3.8) is 0 Å². The summed E-state index contributed by atoms with van der Waals surface area (Å²) in [4.78, 5) is 25.1. The molecule has 0 aliphatic carbocycles. The minimum atomic E-state index is -0.486. The van der Waals surface area contributed by atoms with E-state index in [1.54, 1.807) is 12.1 Å². The molecule has 1 aliphatic heterocycles. The lowest BCUT2D eigenvalue weighted by Gasteiger charge is -2.14. The number of nitrogens with one attached hydrogen (secondary N) is 1. The molecule has 0 saturated carbocycles. The molecule has 0 radical (unpaired) electrons. The summed E-state index contributed by atoms with van der Waals surface area (Å²) in [7, 11) is 4.49. The largest absolute Gasteiger partial charge is 0.493 e. The van der Waals surface area contributed by atoms with Crippen molar-refractivity contribution >= 4 is 18.0 Å². The predicted molar refractivity (Wildman–Crippen MR) is 84.5 cm³/mol. The van der Waals surface area contributed by atoms with Crippen LogP contribution in [0.1, 0.15) is 5.56 Å². The molecule has 1 aliphatic rings. The fourth-order valence-electron chi connectivity index (χ4n) is 2.26. The van der Waals surface area contributed by atoms with Gasteiger partial charge >= 0.3 is 6.03 Å². The Labute approximate surface area is 134 Å². The van der Waals surface area contributed by atoms with Crippen molar-refractivity contribution in [1.29, 1.82) is 0 Å². The first-order chi connectivity index (χ1) is 11.1. The number of ether oxygens (including phenoxy) is 3. The quantitative estimate of drug-likeness (QED) is 0.491. The van der Waals surface area contributed by atoms with Gasteiger partial charge in [-0.25, -0.2) is 4.79 Å². The lowest BCUT2D eigenvalue weighted by Crippen LogP contribution is -2.30. The van der Waals surface area contributed by atoms with Gasteiger partial charge in [0.15, 0.2) is 11.5 Å². The van der Waals surface area contributed by atoms with Crippen molar-refractivity contribution in [1.82, 2.24) is 10.2 Å². The van der Waals surface area contributed by atoms with Crippen LogP contribution >= 0.6 is 0 Å². The molecule has 7 heteroatoms. The normalized spacial score (nSPS) is 15.6. The third kappa shape index (κ3) is 2.98. The number of imide groups is 1. The van der Waals surface area contributed by atoms with Crippen molar-refractivity contribution < 1.29 is 23.8 Å². The molecule has 0 aromatic heterocycles. The molecular formula is C16H18N2O5. The van der Waals surface area contributed by atoms with E-state index in [2.05, 4.69) is 11.9 Å². The van der Waals surface area contributed by atoms with Crippen LogP contribution in [0, 0.1) is 0 Å². The van der Waals surface area contributed by atoms with E-state index >= 15 is 0 Å². The number of nitrogens with zero attached hydrogens (tertiary/aromatic N) is 1. The average molecular weight is 318 g/mol. The molecule has 0 spiro atoms. The van der Waals surface area contributed by atoms with Crippen LogP contribution in [0.3, 0.4) is 0 Å². The summed E-state index contributed by atoms with van der Waals surface area (Å²) < 4.78 is 15.9. The number of carbonyl (C=O) groups is 2. The van der Waals surface area contributed by atoms with Crippen LogP contribution < -0.4 is 19.5 Å². The molecule has 1 fully saturated rings. The van der Waals surface area contributed by atoms with Gasteiger partial charge < -0.3 is 19.5 Å². The highest BCUT2D eigenvalue weighted by Gasteiger charge is 2.32. The molecule has 1 heterocycles. The molecular weight excluding hydrogens is 300 g/mol. The number of amides is 3. The van der Waals surface area contributed by atoms with Crippen molar-refractivity contribution in [2.24, 2.45) is 0 Å². The zero-order valence-corrected chi connectivity index (χ0v) is 13.2. The second-order valence-corrected chi connectivity index (χ2v) is 4.62. The Bertz CT molecular complexity index is 681. The van der Waals surface area contributed by atoms with Gasteiger partial charge in [-0.2, -0.15) is 0 Å². The highest BCUT2D eigenvalue weighted by Crippen LogP contribution is 2.40. The van der Waals surface area contributed by atoms with Gasteiger partial charge in [-0.1, -0.05) is 6.08 Å². The van der Waals surface area contributed by atoms with E-state index in [1.807, 2.05) is 0 Å². The third-order valence-corrected chi connectivity index (χ3v) is 3.31. The molecule has 23 heavy (non-hydrogen) atoms. The van der Waals surface area contributed by atoms with Crippen LogP contribution in [0.15, 0.2) is 30.5 Å². The summed E-state index contributed by atoms with van der Waals surface area (Å²) in [5, 5.41) is 2.53. The fourth-order valence-corrected chi connectivity index (χ4v) is 2.26. The van der Waals surface area contributed by atoms with E-state index in [9.17, 15) is 9.59 Å². The Kier molecular flexibility index (Phi) is 4.90. The van der Waals surface area contributed by atoms with Gasteiger partial charge in [0.25, 0.3) is 5.91 Å². The lowest BCUT2D eigenvalue weighted by molar-refractivity contribution is -0.122. The summed E-state index contributed by atoms with van der Waals surface area (Å²) in [6.07, 6.45) is 3.02. The van der Waals surface area contributed by atoms with E-state index in [1.165, 1.54) is 33.5 Å². The number of benzene rings is 1. The van der Waals surface area contributed by atoms with Crippen molar-refractivity contribution in [2.45, 2.75) is 0 Å². The maximum absolute atomic E-state index is 12.2. The second kappa shape index (κ2) is 6.87.